The van der Waals surface area contributed by atoms with Crippen molar-refractivity contribution in [1.82, 2.24) is 10.2 Å². The Morgan fingerprint density at radius 3 is 2.82 bits per heavy atom. The zero-order valence-electron chi connectivity index (χ0n) is 16.3. The molecule has 6 nitrogen and oxygen atoms in total. The van der Waals surface area contributed by atoms with E-state index in [1.54, 1.807) is 20.3 Å². The summed E-state index contributed by atoms with van der Waals surface area (Å²) < 4.78 is 10.8. The van der Waals surface area contributed by atoms with Crippen molar-refractivity contribution in [1.29, 1.82) is 0 Å². The summed E-state index contributed by atoms with van der Waals surface area (Å²) in [4.78, 5) is 27.4. The van der Waals surface area contributed by atoms with Gasteiger partial charge in [-0.25, -0.2) is 0 Å². The number of amides is 2. The first-order valence-electron chi connectivity index (χ1n) is 9.47. The van der Waals surface area contributed by atoms with Crippen LogP contribution in [0.1, 0.15) is 47.0 Å². The van der Waals surface area contributed by atoms with Crippen LogP contribution in [0.4, 0.5) is 0 Å². The summed E-state index contributed by atoms with van der Waals surface area (Å²) in [5.74, 6) is 1.56. The van der Waals surface area contributed by atoms with Gasteiger partial charge in [-0.05, 0) is 48.9 Å². The molecule has 0 saturated carbocycles. The van der Waals surface area contributed by atoms with E-state index in [-0.39, 0.29) is 17.9 Å². The number of hydrogen-bond acceptors (Lipinski definition) is 5. The lowest BCUT2D eigenvalue weighted by Gasteiger charge is -2.27. The number of carbonyl (C=O) groups excluding carboxylic acids is 2. The zero-order valence-corrected chi connectivity index (χ0v) is 17.1. The predicted octanol–water partition coefficient (Wildman–Crippen LogP) is 3.64. The molecule has 1 aliphatic heterocycles. The third kappa shape index (κ3) is 4.65. The molecular formula is C21H26N2O4S. The number of carbonyl (C=O) groups is 2. The Labute approximate surface area is 169 Å². The second kappa shape index (κ2) is 9.59. The van der Waals surface area contributed by atoms with Gasteiger partial charge in [0.25, 0.3) is 5.91 Å². The van der Waals surface area contributed by atoms with Gasteiger partial charge >= 0.3 is 0 Å². The molecule has 0 radical (unpaired) electrons. The van der Waals surface area contributed by atoms with Gasteiger partial charge in [0.05, 0.1) is 25.1 Å². The van der Waals surface area contributed by atoms with Gasteiger partial charge in [0, 0.05) is 25.1 Å². The molecule has 1 atom stereocenters. The van der Waals surface area contributed by atoms with Gasteiger partial charge < -0.3 is 19.7 Å². The number of benzene rings is 1. The van der Waals surface area contributed by atoms with Crippen molar-refractivity contribution in [3.05, 3.63) is 46.2 Å². The molecule has 150 valence electrons. The fourth-order valence-corrected chi connectivity index (χ4v) is 4.21. The van der Waals surface area contributed by atoms with E-state index in [1.165, 1.54) is 11.3 Å². The molecule has 2 heterocycles. The highest BCUT2D eigenvalue weighted by Crippen LogP contribution is 2.39. The molecule has 2 amide bonds. The number of hydrogen-bond donors (Lipinski definition) is 1. The molecule has 7 heteroatoms. The molecule has 28 heavy (non-hydrogen) atoms. The molecule has 1 aromatic heterocycles. The Bertz CT molecular complexity index is 807. The quantitative estimate of drug-likeness (QED) is 0.685. The number of nitrogens with zero attached hydrogens (tertiary/aromatic N) is 1. The topological polar surface area (TPSA) is 67.9 Å². The van der Waals surface area contributed by atoms with Crippen molar-refractivity contribution in [3.8, 4) is 11.5 Å². The molecule has 1 unspecified atom stereocenters. The molecule has 1 N–H and O–H groups in total. The zero-order chi connectivity index (χ0) is 19.9. The number of methoxy groups -OCH3 is 2. The van der Waals surface area contributed by atoms with E-state index >= 15 is 0 Å². The van der Waals surface area contributed by atoms with Gasteiger partial charge in [-0.2, -0.15) is 0 Å². The van der Waals surface area contributed by atoms with Gasteiger partial charge in [-0.1, -0.05) is 6.07 Å². The van der Waals surface area contributed by atoms with Gasteiger partial charge in [0.1, 0.15) is 11.5 Å². The first-order valence-corrected chi connectivity index (χ1v) is 10.3. The standard InChI is InChI=1S/C21H26N2O4S/c1-26-15-9-10-18(27-2)16(14-15)17-6-4-12-23(17)20(24)8-3-11-22-21(25)19-7-5-13-28-19/h5,7,9-10,13-14,17H,3-4,6,8,11-12H2,1-2H3,(H,22,25). The van der Waals surface area contributed by atoms with E-state index < -0.39 is 0 Å². The summed E-state index contributed by atoms with van der Waals surface area (Å²) in [7, 11) is 3.27. The smallest absolute Gasteiger partial charge is 0.261 e. The van der Waals surface area contributed by atoms with Crippen LogP contribution in [0.5, 0.6) is 11.5 Å². The van der Waals surface area contributed by atoms with Crippen molar-refractivity contribution in [2.24, 2.45) is 0 Å². The third-order valence-electron chi connectivity index (χ3n) is 4.97. The van der Waals surface area contributed by atoms with Crippen molar-refractivity contribution < 1.29 is 19.1 Å². The Morgan fingerprint density at radius 1 is 1.25 bits per heavy atom. The van der Waals surface area contributed by atoms with Crippen LogP contribution >= 0.6 is 11.3 Å². The summed E-state index contributed by atoms with van der Waals surface area (Å²) in [5.41, 5.74) is 0.985. The molecule has 1 saturated heterocycles. The second-order valence-electron chi connectivity index (χ2n) is 6.69. The SMILES string of the molecule is COc1ccc(OC)c(C2CCCN2C(=O)CCCNC(=O)c2cccs2)c1. The average molecular weight is 403 g/mol. The number of rotatable bonds is 8. The van der Waals surface area contributed by atoms with E-state index in [0.29, 0.717) is 24.3 Å². The van der Waals surface area contributed by atoms with Gasteiger partial charge in [0.15, 0.2) is 0 Å². The van der Waals surface area contributed by atoms with Crippen LogP contribution in [0.3, 0.4) is 0 Å². The largest absolute Gasteiger partial charge is 0.497 e. The van der Waals surface area contributed by atoms with Crippen molar-refractivity contribution in [2.45, 2.75) is 31.7 Å². The predicted molar refractivity (Wildman–Crippen MR) is 109 cm³/mol. The number of ether oxygens (including phenoxy) is 2. The molecule has 1 aromatic carbocycles. The summed E-state index contributed by atoms with van der Waals surface area (Å²) in [6.45, 7) is 1.23. The van der Waals surface area contributed by atoms with E-state index in [9.17, 15) is 9.59 Å². The maximum absolute atomic E-state index is 12.8. The van der Waals surface area contributed by atoms with E-state index in [4.69, 9.17) is 9.47 Å². The Balaban J connectivity index is 1.57. The number of nitrogens with one attached hydrogen (secondary N) is 1. The monoisotopic (exact) mass is 402 g/mol. The summed E-state index contributed by atoms with van der Waals surface area (Å²) in [6.07, 6.45) is 2.90. The van der Waals surface area contributed by atoms with Gasteiger partial charge in [-0.15, -0.1) is 11.3 Å². The average Bonchev–Trinajstić information content (AvgIpc) is 3.42. The fourth-order valence-electron chi connectivity index (χ4n) is 3.57. The summed E-state index contributed by atoms with van der Waals surface area (Å²) in [6, 6.07) is 9.34. The van der Waals surface area contributed by atoms with E-state index in [0.717, 1.165) is 36.4 Å². The van der Waals surface area contributed by atoms with E-state index in [1.807, 2.05) is 34.5 Å². The first kappa shape index (κ1) is 20.2. The normalized spacial score (nSPS) is 16.1. The van der Waals surface area contributed by atoms with Crippen LogP contribution in [0.2, 0.25) is 0 Å². The highest BCUT2D eigenvalue weighted by Gasteiger charge is 2.31. The highest BCUT2D eigenvalue weighted by atomic mass is 32.1. The van der Waals surface area contributed by atoms with Gasteiger partial charge in [-0.3, -0.25) is 9.59 Å². The maximum atomic E-state index is 12.8. The molecule has 1 fully saturated rings. The molecular weight excluding hydrogens is 376 g/mol. The molecule has 0 bridgehead atoms. The van der Waals surface area contributed by atoms with Crippen LogP contribution < -0.4 is 14.8 Å². The van der Waals surface area contributed by atoms with Gasteiger partial charge in [0.2, 0.25) is 5.91 Å². The minimum Gasteiger partial charge on any atom is -0.497 e. The van der Waals surface area contributed by atoms with E-state index in [2.05, 4.69) is 5.32 Å². The fraction of sp³-hybridized carbons (Fsp3) is 0.429. The molecule has 3 rings (SSSR count). The Kier molecular flexibility index (Phi) is 6.92. The van der Waals surface area contributed by atoms with Crippen molar-refractivity contribution >= 4 is 23.2 Å². The van der Waals surface area contributed by atoms with Crippen LogP contribution in [0.25, 0.3) is 0 Å². The Hall–Kier alpha value is -2.54. The molecule has 0 aliphatic carbocycles. The van der Waals surface area contributed by atoms with Crippen LogP contribution in [0.15, 0.2) is 35.7 Å². The second-order valence-corrected chi connectivity index (χ2v) is 7.64. The lowest BCUT2D eigenvalue weighted by molar-refractivity contribution is -0.132. The number of likely N-dealkylation sites (tertiary alicyclic amines) is 1. The summed E-state index contributed by atoms with van der Waals surface area (Å²) >= 11 is 1.41. The Morgan fingerprint density at radius 2 is 2.11 bits per heavy atom. The highest BCUT2D eigenvalue weighted by molar-refractivity contribution is 7.12. The molecule has 1 aliphatic rings. The minimum atomic E-state index is -0.0809. The molecule has 0 spiro atoms. The third-order valence-corrected chi connectivity index (χ3v) is 5.84. The summed E-state index contributed by atoms with van der Waals surface area (Å²) in [5, 5.41) is 4.75. The van der Waals surface area contributed by atoms with Crippen LogP contribution in [-0.4, -0.2) is 44.0 Å². The lowest BCUT2D eigenvalue weighted by Crippen LogP contribution is -2.31. The molecule has 2 aromatic rings. The van der Waals surface area contributed by atoms with Crippen LogP contribution in [-0.2, 0) is 4.79 Å². The van der Waals surface area contributed by atoms with Crippen molar-refractivity contribution in [2.75, 3.05) is 27.3 Å². The minimum absolute atomic E-state index is 0.00161. The number of thiophene rings is 1. The maximum Gasteiger partial charge on any atom is 0.261 e. The van der Waals surface area contributed by atoms with Crippen LogP contribution in [0, 0.1) is 0 Å². The van der Waals surface area contributed by atoms with Crippen molar-refractivity contribution in [3.63, 3.8) is 0 Å². The first-order chi connectivity index (χ1) is 13.6. The lowest BCUT2D eigenvalue weighted by atomic mass is 10.0.